The number of aromatic nitrogens is 3. The monoisotopic (exact) mass is 199 g/mol. The third-order valence-corrected chi connectivity index (χ3v) is 3.77. The number of nitrogens with zero attached hydrogens (tertiary/aromatic N) is 3. The van der Waals surface area contributed by atoms with Crippen molar-refractivity contribution in [2.24, 2.45) is 7.05 Å². The lowest BCUT2D eigenvalue weighted by Gasteiger charge is -2.15. The van der Waals surface area contributed by atoms with E-state index in [2.05, 4.69) is 10.1 Å². The molecule has 4 nitrogen and oxygen atoms in total. The van der Waals surface area contributed by atoms with E-state index in [0.29, 0.717) is 11.1 Å². The van der Waals surface area contributed by atoms with E-state index in [-0.39, 0.29) is 0 Å². The lowest BCUT2D eigenvalue weighted by Crippen LogP contribution is -2.16. The largest absolute Gasteiger partial charge is 0.384 e. The van der Waals surface area contributed by atoms with Crippen LogP contribution in [0.25, 0.3) is 0 Å². The second kappa shape index (κ2) is 3.67. The molecule has 0 amide bonds. The smallest absolute Gasteiger partial charge is 0.156 e. The van der Waals surface area contributed by atoms with E-state index in [1.165, 1.54) is 12.7 Å². The molecule has 2 unspecified atom stereocenters. The van der Waals surface area contributed by atoms with Crippen LogP contribution in [0.4, 0.5) is 0 Å². The number of hydrogen-bond donors (Lipinski definition) is 1. The van der Waals surface area contributed by atoms with E-state index < -0.39 is 6.10 Å². The molecule has 2 heterocycles. The molecule has 0 aromatic carbocycles. The lowest BCUT2D eigenvalue weighted by atomic mass is 10.1. The SMILES string of the molecule is Cn1ncnc1C(O)C1CCCS1. The predicted molar refractivity (Wildman–Crippen MR) is 51.4 cm³/mol. The Kier molecular flexibility index (Phi) is 2.55. The highest BCUT2D eigenvalue weighted by Gasteiger charge is 2.27. The van der Waals surface area contributed by atoms with Crippen molar-refractivity contribution in [1.82, 2.24) is 14.8 Å². The van der Waals surface area contributed by atoms with Gasteiger partial charge >= 0.3 is 0 Å². The standard InChI is InChI=1S/C8H13N3OS/c1-11-8(9-5-10-11)7(12)6-3-2-4-13-6/h5-7,12H,2-4H2,1H3. The Labute approximate surface area is 81.4 Å². The van der Waals surface area contributed by atoms with Crippen LogP contribution in [-0.4, -0.2) is 30.9 Å². The summed E-state index contributed by atoms with van der Waals surface area (Å²) in [5.41, 5.74) is 0. The van der Waals surface area contributed by atoms with Gasteiger partial charge in [0, 0.05) is 12.3 Å². The van der Waals surface area contributed by atoms with Gasteiger partial charge in [0.05, 0.1) is 0 Å². The lowest BCUT2D eigenvalue weighted by molar-refractivity contribution is 0.158. The molecule has 0 radical (unpaired) electrons. The molecular weight excluding hydrogens is 186 g/mol. The van der Waals surface area contributed by atoms with Crippen molar-refractivity contribution < 1.29 is 5.11 Å². The maximum absolute atomic E-state index is 9.95. The minimum atomic E-state index is -0.458. The van der Waals surface area contributed by atoms with Gasteiger partial charge < -0.3 is 5.11 Å². The quantitative estimate of drug-likeness (QED) is 0.763. The van der Waals surface area contributed by atoms with Gasteiger partial charge in [-0.3, -0.25) is 4.68 Å². The van der Waals surface area contributed by atoms with Crippen LogP contribution in [0.15, 0.2) is 6.33 Å². The summed E-state index contributed by atoms with van der Waals surface area (Å²) < 4.78 is 1.64. The van der Waals surface area contributed by atoms with Crippen molar-refractivity contribution in [3.05, 3.63) is 12.2 Å². The molecule has 0 bridgehead atoms. The van der Waals surface area contributed by atoms with Crippen molar-refractivity contribution in [3.8, 4) is 0 Å². The van der Waals surface area contributed by atoms with Crippen LogP contribution in [0.5, 0.6) is 0 Å². The molecule has 2 rings (SSSR count). The van der Waals surface area contributed by atoms with Crippen molar-refractivity contribution in [3.63, 3.8) is 0 Å². The topological polar surface area (TPSA) is 50.9 Å². The van der Waals surface area contributed by atoms with Gasteiger partial charge in [0.15, 0.2) is 5.82 Å². The molecule has 0 saturated carbocycles. The maximum atomic E-state index is 9.95. The second-order valence-corrected chi connectivity index (χ2v) is 4.59. The molecular formula is C8H13N3OS. The van der Waals surface area contributed by atoms with Crippen molar-refractivity contribution in [2.45, 2.75) is 24.2 Å². The molecule has 1 fully saturated rings. The summed E-state index contributed by atoms with van der Waals surface area (Å²) in [6.45, 7) is 0. The third kappa shape index (κ3) is 1.71. The molecule has 1 aromatic rings. The zero-order valence-electron chi connectivity index (χ0n) is 7.55. The average Bonchev–Trinajstić information content (AvgIpc) is 2.72. The third-order valence-electron chi connectivity index (χ3n) is 2.33. The fraction of sp³-hybridized carbons (Fsp3) is 0.750. The Morgan fingerprint density at radius 1 is 1.77 bits per heavy atom. The van der Waals surface area contributed by atoms with E-state index in [1.807, 2.05) is 18.8 Å². The summed E-state index contributed by atoms with van der Waals surface area (Å²) in [4.78, 5) is 4.05. The Hall–Kier alpha value is -0.550. The average molecular weight is 199 g/mol. The summed E-state index contributed by atoms with van der Waals surface area (Å²) in [7, 11) is 1.81. The first-order chi connectivity index (χ1) is 6.29. The van der Waals surface area contributed by atoms with Crippen LogP contribution in [0, 0.1) is 0 Å². The first kappa shape index (κ1) is 9.02. The van der Waals surface area contributed by atoms with Crippen molar-refractivity contribution in [2.75, 3.05) is 5.75 Å². The maximum Gasteiger partial charge on any atom is 0.156 e. The number of aryl methyl sites for hydroxylation is 1. The van der Waals surface area contributed by atoms with Gasteiger partial charge in [0.2, 0.25) is 0 Å². The minimum Gasteiger partial charge on any atom is -0.384 e. The molecule has 13 heavy (non-hydrogen) atoms. The Morgan fingerprint density at radius 2 is 2.62 bits per heavy atom. The molecule has 1 aromatic heterocycles. The summed E-state index contributed by atoms with van der Waals surface area (Å²) >= 11 is 1.83. The van der Waals surface area contributed by atoms with E-state index in [9.17, 15) is 5.11 Å². The first-order valence-electron chi connectivity index (χ1n) is 4.42. The normalized spacial score (nSPS) is 24.9. The van der Waals surface area contributed by atoms with E-state index in [1.54, 1.807) is 4.68 Å². The summed E-state index contributed by atoms with van der Waals surface area (Å²) in [5, 5.41) is 14.2. The second-order valence-electron chi connectivity index (χ2n) is 3.24. The minimum absolute atomic E-state index is 0.308. The number of aliphatic hydroxyl groups excluding tert-OH is 1. The highest BCUT2D eigenvalue weighted by Crippen LogP contribution is 2.34. The predicted octanol–water partition coefficient (Wildman–Crippen LogP) is 0.744. The number of thioether (sulfide) groups is 1. The zero-order chi connectivity index (χ0) is 9.26. The highest BCUT2D eigenvalue weighted by atomic mass is 32.2. The van der Waals surface area contributed by atoms with Gasteiger partial charge in [0.25, 0.3) is 0 Å². The fourth-order valence-electron chi connectivity index (χ4n) is 1.59. The van der Waals surface area contributed by atoms with Gasteiger partial charge in [-0.15, -0.1) is 0 Å². The van der Waals surface area contributed by atoms with Crippen LogP contribution in [-0.2, 0) is 7.05 Å². The van der Waals surface area contributed by atoms with Crippen molar-refractivity contribution >= 4 is 11.8 Å². The number of rotatable bonds is 2. The van der Waals surface area contributed by atoms with Crippen LogP contribution in [0.1, 0.15) is 24.8 Å². The van der Waals surface area contributed by atoms with Gasteiger partial charge in [-0.25, -0.2) is 4.98 Å². The molecule has 0 spiro atoms. The van der Waals surface area contributed by atoms with Gasteiger partial charge in [-0.05, 0) is 18.6 Å². The van der Waals surface area contributed by atoms with Crippen LogP contribution in [0.3, 0.4) is 0 Å². The zero-order valence-corrected chi connectivity index (χ0v) is 8.37. The fourth-order valence-corrected chi connectivity index (χ4v) is 2.86. The molecule has 72 valence electrons. The molecule has 1 N–H and O–H groups in total. The molecule has 1 aliphatic rings. The van der Waals surface area contributed by atoms with Crippen LogP contribution >= 0.6 is 11.8 Å². The van der Waals surface area contributed by atoms with E-state index >= 15 is 0 Å². The van der Waals surface area contributed by atoms with Gasteiger partial charge in [0.1, 0.15) is 12.4 Å². The Bertz CT molecular complexity index is 283. The Balaban J connectivity index is 2.12. The molecule has 5 heteroatoms. The van der Waals surface area contributed by atoms with E-state index in [4.69, 9.17) is 0 Å². The number of hydrogen-bond acceptors (Lipinski definition) is 4. The van der Waals surface area contributed by atoms with Crippen LogP contribution < -0.4 is 0 Å². The molecule has 0 aliphatic carbocycles. The first-order valence-corrected chi connectivity index (χ1v) is 5.47. The van der Waals surface area contributed by atoms with E-state index in [0.717, 1.165) is 12.2 Å². The molecule has 1 aliphatic heterocycles. The van der Waals surface area contributed by atoms with Gasteiger partial charge in [-0.2, -0.15) is 16.9 Å². The van der Waals surface area contributed by atoms with Crippen LogP contribution in [0.2, 0.25) is 0 Å². The molecule has 1 saturated heterocycles. The number of aliphatic hydroxyl groups is 1. The van der Waals surface area contributed by atoms with Crippen molar-refractivity contribution in [1.29, 1.82) is 0 Å². The Morgan fingerprint density at radius 3 is 3.15 bits per heavy atom. The van der Waals surface area contributed by atoms with Gasteiger partial charge in [-0.1, -0.05) is 0 Å². The summed E-state index contributed by atoms with van der Waals surface area (Å²) in [6.07, 6.45) is 3.31. The highest BCUT2D eigenvalue weighted by molar-refractivity contribution is 8.00. The summed E-state index contributed by atoms with van der Waals surface area (Å²) in [5.74, 6) is 1.83. The summed E-state index contributed by atoms with van der Waals surface area (Å²) in [6, 6.07) is 0. The molecule has 2 atom stereocenters.